The largest absolute Gasteiger partial charge is 0.401 e. The number of amides is 3. The average Bonchev–Trinajstić information content (AvgIpc) is 3.42. The van der Waals surface area contributed by atoms with Crippen LogP contribution in [0.3, 0.4) is 0 Å². The lowest BCUT2D eigenvalue weighted by Crippen LogP contribution is -2.28. The van der Waals surface area contributed by atoms with Gasteiger partial charge < -0.3 is 4.42 Å². The molecular formula is C19H18N6O4. The highest BCUT2D eigenvalue weighted by Gasteiger charge is 2.30. The summed E-state index contributed by atoms with van der Waals surface area (Å²) in [6.07, 6.45) is 1.98. The number of nitrogens with one attached hydrogen (secondary N) is 1. The number of carbonyl (C=O) groups excluding carboxylic acids is 3. The minimum atomic E-state index is -0.501. The number of aromatic nitrogens is 4. The normalized spacial score (nSPS) is 14.1. The summed E-state index contributed by atoms with van der Waals surface area (Å²) in [5.41, 5.74) is 1.25. The predicted octanol–water partition coefficient (Wildman–Crippen LogP) is 2.42. The van der Waals surface area contributed by atoms with Gasteiger partial charge in [0, 0.05) is 30.6 Å². The molecule has 3 aromatic rings. The van der Waals surface area contributed by atoms with Gasteiger partial charge in [-0.25, -0.2) is 0 Å². The molecule has 29 heavy (non-hydrogen) atoms. The second kappa shape index (κ2) is 7.30. The zero-order chi connectivity index (χ0) is 20.5. The Morgan fingerprint density at radius 3 is 2.62 bits per heavy atom. The molecule has 4 rings (SSSR count). The van der Waals surface area contributed by atoms with Crippen LogP contribution in [-0.4, -0.2) is 37.7 Å². The summed E-state index contributed by atoms with van der Waals surface area (Å²) in [7, 11) is 0. The van der Waals surface area contributed by atoms with E-state index in [0.29, 0.717) is 11.4 Å². The number of anilines is 2. The van der Waals surface area contributed by atoms with Gasteiger partial charge in [-0.1, -0.05) is 11.2 Å². The summed E-state index contributed by atoms with van der Waals surface area (Å²) in [5.74, 6) is -0.834. The van der Waals surface area contributed by atoms with Crippen LogP contribution in [0.25, 0.3) is 11.6 Å². The van der Waals surface area contributed by atoms with E-state index in [4.69, 9.17) is 4.42 Å². The Hall–Kier alpha value is -3.82. The van der Waals surface area contributed by atoms with Gasteiger partial charge in [0.05, 0.1) is 5.69 Å². The lowest BCUT2D eigenvalue weighted by Gasteiger charge is -2.14. The zero-order valence-electron chi connectivity index (χ0n) is 15.8. The smallest absolute Gasteiger partial charge is 0.322 e. The number of imide groups is 1. The first-order chi connectivity index (χ1) is 13.9. The van der Waals surface area contributed by atoms with Crippen LogP contribution in [0.4, 0.5) is 11.7 Å². The van der Waals surface area contributed by atoms with Crippen LogP contribution < -0.4 is 10.2 Å². The van der Waals surface area contributed by atoms with E-state index in [0.717, 1.165) is 4.90 Å². The van der Waals surface area contributed by atoms with Crippen LogP contribution in [0.1, 0.15) is 43.1 Å². The Labute approximate surface area is 165 Å². The SMILES string of the molecule is CC(C)n1nccc1-c1nnc(NC(=O)c2cccc(N3C(=O)CCC3=O)c2)o1. The van der Waals surface area contributed by atoms with E-state index in [1.807, 2.05) is 13.8 Å². The van der Waals surface area contributed by atoms with Gasteiger partial charge in [-0.15, -0.1) is 5.10 Å². The Balaban J connectivity index is 1.53. The van der Waals surface area contributed by atoms with E-state index in [-0.39, 0.29) is 48.2 Å². The number of hydrogen-bond acceptors (Lipinski definition) is 7. The second-order valence-corrected chi connectivity index (χ2v) is 6.79. The third kappa shape index (κ3) is 3.51. The van der Waals surface area contributed by atoms with Gasteiger partial charge in [0.1, 0.15) is 5.69 Å². The summed E-state index contributed by atoms with van der Waals surface area (Å²) in [6.45, 7) is 3.94. The highest BCUT2D eigenvalue weighted by molar-refractivity contribution is 6.20. The molecule has 10 heteroatoms. The molecule has 0 atom stereocenters. The highest BCUT2D eigenvalue weighted by atomic mass is 16.4. The topological polar surface area (TPSA) is 123 Å². The summed E-state index contributed by atoms with van der Waals surface area (Å²) in [4.78, 5) is 37.5. The summed E-state index contributed by atoms with van der Waals surface area (Å²) < 4.78 is 7.27. The van der Waals surface area contributed by atoms with Gasteiger partial charge in [0.2, 0.25) is 11.8 Å². The van der Waals surface area contributed by atoms with Crippen molar-refractivity contribution in [1.29, 1.82) is 0 Å². The van der Waals surface area contributed by atoms with Gasteiger partial charge >= 0.3 is 6.01 Å². The van der Waals surface area contributed by atoms with E-state index >= 15 is 0 Å². The van der Waals surface area contributed by atoms with Crippen molar-refractivity contribution in [2.45, 2.75) is 32.7 Å². The van der Waals surface area contributed by atoms with E-state index in [2.05, 4.69) is 20.6 Å². The molecule has 0 saturated carbocycles. The Bertz CT molecular complexity index is 1080. The lowest BCUT2D eigenvalue weighted by molar-refractivity contribution is -0.121. The van der Waals surface area contributed by atoms with Crippen molar-refractivity contribution < 1.29 is 18.8 Å². The summed E-state index contributed by atoms with van der Waals surface area (Å²) in [5, 5.41) is 14.6. The first-order valence-electron chi connectivity index (χ1n) is 9.08. The van der Waals surface area contributed by atoms with Crippen LogP contribution in [0, 0.1) is 0 Å². The predicted molar refractivity (Wildman–Crippen MR) is 102 cm³/mol. The average molecular weight is 394 g/mol. The summed E-state index contributed by atoms with van der Waals surface area (Å²) in [6, 6.07) is 8.02. The highest BCUT2D eigenvalue weighted by Crippen LogP contribution is 2.25. The first-order valence-corrected chi connectivity index (χ1v) is 9.08. The maximum absolute atomic E-state index is 12.6. The number of nitrogens with zero attached hydrogens (tertiary/aromatic N) is 5. The van der Waals surface area contributed by atoms with Crippen LogP contribution in [0.15, 0.2) is 40.9 Å². The fraction of sp³-hybridized carbons (Fsp3) is 0.263. The molecule has 0 radical (unpaired) electrons. The van der Waals surface area contributed by atoms with Crippen LogP contribution >= 0.6 is 0 Å². The molecule has 0 unspecified atom stereocenters. The van der Waals surface area contributed by atoms with Gasteiger partial charge in [-0.2, -0.15) is 5.10 Å². The molecule has 2 aromatic heterocycles. The fourth-order valence-corrected chi connectivity index (χ4v) is 3.09. The molecule has 3 amide bonds. The quantitative estimate of drug-likeness (QED) is 0.659. The van der Waals surface area contributed by atoms with Crippen molar-refractivity contribution in [2.75, 3.05) is 10.2 Å². The maximum atomic E-state index is 12.6. The molecule has 10 nitrogen and oxygen atoms in total. The number of benzene rings is 1. The standard InChI is InChI=1S/C19H18N6O4/c1-11(2)25-14(8-9-20-25)18-22-23-19(29-18)21-17(28)12-4-3-5-13(10-12)24-15(26)6-7-16(24)27/h3-5,8-11H,6-7H2,1-2H3,(H,21,23,28). The van der Waals surface area contributed by atoms with Gasteiger partial charge in [0.15, 0.2) is 0 Å². The van der Waals surface area contributed by atoms with Crippen molar-refractivity contribution in [2.24, 2.45) is 0 Å². The third-order valence-electron chi connectivity index (χ3n) is 4.44. The van der Waals surface area contributed by atoms with Crippen molar-refractivity contribution in [1.82, 2.24) is 20.0 Å². The van der Waals surface area contributed by atoms with Gasteiger partial charge in [-0.3, -0.25) is 29.3 Å². The Morgan fingerprint density at radius 2 is 1.90 bits per heavy atom. The van der Waals surface area contributed by atoms with Gasteiger partial charge in [0.25, 0.3) is 11.8 Å². The zero-order valence-corrected chi connectivity index (χ0v) is 15.8. The van der Waals surface area contributed by atoms with E-state index in [9.17, 15) is 14.4 Å². The molecule has 1 aromatic carbocycles. The number of rotatable bonds is 5. The van der Waals surface area contributed by atoms with E-state index < -0.39 is 5.91 Å². The van der Waals surface area contributed by atoms with E-state index in [1.165, 1.54) is 6.07 Å². The molecular weight excluding hydrogens is 376 g/mol. The summed E-state index contributed by atoms with van der Waals surface area (Å²) >= 11 is 0. The maximum Gasteiger partial charge on any atom is 0.322 e. The number of carbonyl (C=O) groups is 3. The van der Waals surface area contributed by atoms with Crippen LogP contribution in [0.2, 0.25) is 0 Å². The number of hydrogen-bond donors (Lipinski definition) is 1. The Kier molecular flexibility index (Phi) is 4.67. The minimum Gasteiger partial charge on any atom is -0.401 e. The van der Waals surface area contributed by atoms with Crippen molar-refractivity contribution in [3.8, 4) is 11.6 Å². The molecule has 3 heterocycles. The molecule has 0 spiro atoms. The van der Waals surface area contributed by atoms with E-state index in [1.54, 1.807) is 35.1 Å². The fourth-order valence-electron chi connectivity index (χ4n) is 3.09. The van der Waals surface area contributed by atoms with Crippen molar-refractivity contribution in [3.05, 3.63) is 42.1 Å². The van der Waals surface area contributed by atoms with Crippen molar-refractivity contribution in [3.63, 3.8) is 0 Å². The molecule has 0 bridgehead atoms. The van der Waals surface area contributed by atoms with Crippen LogP contribution in [-0.2, 0) is 9.59 Å². The molecule has 1 saturated heterocycles. The van der Waals surface area contributed by atoms with Crippen LogP contribution in [0.5, 0.6) is 0 Å². The Morgan fingerprint density at radius 1 is 1.14 bits per heavy atom. The second-order valence-electron chi connectivity index (χ2n) is 6.79. The molecule has 1 aliphatic rings. The molecule has 148 valence electrons. The molecule has 1 aliphatic heterocycles. The lowest BCUT2D eigenvalue weighted by atomic mass is 10.2. The molecule has 0 aliphatic carbocycles. The monoisotopic (exact) mass is 394 g/mol. The first kappa shape index (κ1) is 18.5. The third-order valence-corrected chi connectivity index (χ3v) is 4.44. The van der Waals surface area contributed by atoms with Crippen molar-refractivity contribution >= 4 is 29.4 Å². The molecule has 1 N–H and O–H groups in total. The minimum absolute atomic E-state index is 0.0692. The molecule has 1 fully saturated rings. The van der Waals surface area contributed by atoms with Gasteiger partial charge in [-0.05, 0) is 38.1 Å².